The Morgan fingerprint density at radius 3 is 2.50 bits per heavy atom. The monoisotopic (exact) mass is 283 g/mol. The Bertz CT molecular complexity index is 457. The van der Waals surface area contributed by atoms with Gasteiger partial charge in [-0.3, -0.25) is 0 Å². The van der Waals surface area contributed by atoms with Crippen LogP contribution in [0.5, 0.6) is 11.5 Å². The summed E-state index contributed by atoms with van der Waals surface area (Å²) in [5.41, 5.74) is 6.11. The van der Waals surface area contributed by atoms with E-state index in [0.29, 0.717) is 12.4 Å². The molecule has 1 heterocycles. The van der Waals surface area contributed by atoms with Crippen LogP contribution in [0.1, 0.15) is 33.6 Å². The molecule has 0 radical (unpaired) electrons. The van der Waals surface area contributed by atoms with Crippen molar-refractivity contribution in [3.63, 3.8) is 0 Å². The zero-order chi connectivity index (χ0) is 14.7. The molecule has 0 aliphatic carbocycles. The first-order valence-corrected chi connectivity index (χ1v) is 7.03. The van der Waals surface area contributed by atoms with E-state index in [2.05, 4.69) is 0 Å². The molecule has 2 rings (SSSR count). The van der Waals surface area contributed by atoms with Crippen molar-refractivity contribution in [3.8, 4) is 11.5 Å². The molecule has 1 aliphatic heterocycles. The first kappa shape index (κ1) is 14.9. The highest BCUT2D eigenvalue weighted by atomic mass is 19.1. The van der Waals surface area contributed by atoms with Gasteiger partial charge in [0.2, 0.25) is 0 Å². The molecule has 2 atom stereocenters. The van der Waals surface area contributed by atoms with Gasteiger partial charge < -0.3 is 19.9 Å². The summed E-state index contributed by atoms with van der Waals surface area (Å²) in [4.78, 5) is 0. The summed E-state index contributed by atoms with van der Waals surface area (Å²) in [6, 6.07) is 2.77. The molecule has 2 unspecified atom stereocenters. The molecule has 0 amide bonds. The number of nitrogens with two attached hydrogens (primary N) is 1. The predicted octanol–water partition coefficient (Wildman–Crippen LogP) is 3.14. The van der Waals surface area contributed by atoms with Crippen molar-refractivity contribution >= 4 is 5.69 Å². The summed E-state index contributed by atoms with van der Waals surface area (Å²) in [7, 11) is 0. The van der Waals surface area contributed by atoms with Gasteiger partial charge in [0.15, 0.2) is 11.6 Å². The zero-order valence-corrected chi connectivity index (χ0v) is 12.2. The zero-order valence-electron chi connectivity index (χ0n) is 12.2. The van der Waals surface area contributed by atoms with E-state index in [-0.39, 0.29) is 29.7 Å². The Hall–Kier alpha value is -1.49. The average Bonchev–Trinajstić information content (AvgIpc) is 2.34. The summed E-state index contributed by atoms with van der Waals surface area (Å²) >= 11 is 0. The molecule has 1 fully saturated rings. The summed E-state index contributed by atoms with van der Waals surface area (Å²) < 4.78 is 30.5. The van der Waals surface area contributed by atoms with Crippen molar-refractivity contribution in [1.82, 2.24) is 0 Å². The molecule has 1 aromatic rings. The van der Waals surface area contributed by atoms with Crippen LogP contribution in [-0.2, 0) is 4.74 Å². The van der Waals surface area contributed by atoms with Crippen LogP contribution in [0.3, 0.4) is 0 Å². The van der Waals surface area contributed by atoms with Gasteiger partial charge in [0.25, 0.3) is 0 Å². The Balaban J connectivity index is 2.13. The minimum atomic E-state index is -0.467. The molecule has 5 heteroatoms. The summed E-state index contributed by atoms with van der Waals surface area (Å²) in [5, 5.41) is 0. The second kappa shape index (κ2) is 6.31. The van der Waals surface area contributed by atoms with Crippen LogP contribution >= 0.6 is 0 Å². The quantitative estimate of drug-likeness (QED) is 0.862. The first-order chi connectivity index (χ1) is 9.49. The summed E-state index contributed by atoms with van der Waals surface area (Å²) in [5.74, 6) is 0.177. The molecule has 2 N–H and O–H groups in total. The van der Waals surface area contributed by atoms with Crippen molar-refractivity contribution in [3.05, 3.63) is 17.9 Å². The van der Waals surface area contributed by atoms with Crippen LogP contribution in [0.15, 0.2) is 12.1 Å². The highest BCUT2D eigenvalue weighted by molar-refractivity contribution is 5.56. The molecule has 4 nitrogen and oxygen atoms in total. The molecule has 1 saturated heterocycles. The van der Waals surface area contributed by atoms with E-state index in [1.165, 1.54) is 12.1 Å². The Labute approximate surface area is 119 Å². The Morgan fingerprint density at radius 2 is 1.90 bits per heavy atom. The first-order valence-electron chi connectivity index (χ1n) is 7.03. The summed E-state index contributed by atoms with van der Waals surface area (Å²) in [6.07, 6.45) is 1.92. The standard InChI is InChI=1S/C15H22FNO3/c1-4-18-14-8-15(13(17)7-12(14)16)20-11-5-9(2)19-10(3)6-11/h7-11H,4-6,17H2,1-3H3. The van der Waals surface area contributed by atoms with Gasteiger partial charge in [0, 0.05) is 25.0 Å². The molecule has 0 bridgehead atoms. The van der Waals surface area contributed by atoms with Gasteiger partial charge >= 0.3 is 0 Å². The fourth-order valence-corrected chi connectivity index (χ4v) is 2.54. The van der Waals surface area contributed by atoms with Crippen molar-refractivity contribution in [2.45, 2.75) is 51.9 Å². The SMILES string of the molecule is CCOc1cc(OC2CC(C)OC(C)C2)c(N)cc1F. The van der Waals surface area contributed by atoms with E-state index in [4.69, 9.17) is 19.9 Å². The van der Waals surface area contributed by atoms with E-state index in [1.807, 2.05) is 13.8 Å². The number of halogens is 1. The fraction of sp³-hybridized carbons (Fsp3) is 0.600. The lowest BCUT2D eigenvalue weighted by atomic mass is 10.0. The van der Waals surface area contributed by atoms with Crippen molar-refractivity contribution in [1.29, 1.82) is 0 Å². The van der Waals surface area contributed by atoms with E-state index in [9.17, 15) is 4.39 Å². The summed E-state index contributed by atoms with van der Waals surface area (Å²) in [6.45, 7) is 6.24. The smallest absolute Gasteiger partial charge is 0.167 e. The highest BCUT2D eigenvalue weighted by Gasteiger charge is 2.26. The largest absolute Gasteiger partial charge is 0.491 e. The lowest BCUT2D eigenvalue weighted by Crippen LogP contribution is -2.35. The number of benzene rings is 1. The average molecular weight is 283 g/mol. The molecule has 20 heavy (non-hydrogen) atoms. The molecule has 0 saturated carbocycles. The molecule has 112 valence electrons. The van der Waals surface area contributed by atoms with Crippen LogP contribution in [0.2, 0.25) is 0 Å². The minimum absolute atomic E-state index is 0.0241. The number of ether oxygens (including phenoxy) is 3. The topological polar surface area (TPSA) is 53.7 Å². The van der Waals surface area contributed by atoms with Gasteiger partial charge in [0.1, 0.15) is 11.9 Å². The highest BCUT2D eigenvalue weighted by Crippen LogP contribution is 2.33. The molecule has 1 aromatic carbocycles. The van der Waals surface area contributed by atoms with Crippen LogP contribution < -0.4 is 15.2 Å². The van der Waals surface area contributed by atoms with E-state index < -0.39 is 5.82 Å². The Kier molecular flexibility index (Phi) is 4.70. The molecular formula is C15H22FNO3. The third-order valence-corrected chi connectivity index (χ3v) is 3.31. The normalized spacial score (nSPS) is 26.3. The third kappa shape index (κ3) is 3.54. The second-order valence-electron chi connectivity index (χ2n) is 5.22. The van der Waals surface area contributed by atoms with Gasteiger partial charge in [-0.2, -0.15) is 0 Å². The predicted molar refractivity (Wildman–Crippen MR) is 75.6 cm³/mol. The fourth-order valence-electron chi connectivity index (χ4n) is 2.54. The van der Waals surface area contributed by atoms with Crippen LogP contribution in [0.4, 0.5) is 10.1 Å². The van der Waals surface area contributed by atoms with Crippen molar-refractivity contribution < 1.29 is 18.6 Å². The maximum absolute atomic E-state index is 13.6. The maximum Gasteiger partial charge on any atom is 0.167 e. The Morgan fingerprint density at radius 1 is 1.25 bits per heavy atom. The molecule has 0 spiro atoms. The number of nitrogen functional groups attached to an aromatic ring is 1. The van der Waals surface area contributed by atoms with Crippen molar-refractivity contribution in [2.24, 2.45) is 0 Å². The second-order valence-corrected chi connectivity index (χ2v) is 5.22. The molecular weight excluding hydrogens is 261 g/mol. The van der Waals surface area contributed by atoms with Crippen molar-refractivity contribution in [2.75, 3.05) is 12.3 Å². The number of hydrogen-bond acceptors (Lipinski definition) is 4. The van der Waals surface area contributed by atoms with Crippen LogP contribution in [0, 0.1) is 5.82 Å². The van der Waals surface area contributed by atoms with E-state index >= 15 is 0 Å². The van der Waals surface area contributed by atoms with Gasteiger partial charge in [0.05, 0.1) is 24.5 Å². The number of rotatable bonds is 4. The maximum atomic E-state index is 13.6. The lowest BCUT2D eigenvalue weighted by molar-refractivity contribution is -0.0720. The van der Waals surface area contributed by atoms with Gasteiger partial charge in [-0.1, -0.05) is 0 Å². The van der Waals surface area contributed by atoms with Crippen LogP contribution in [0.25, 0.3) is 0 Å². The lowest BCUT2D eigenvalue weighted by Gasteiger charge is -2.32. The van der Waals surface area contributed by atoms with Crippen LogP contribution in [-0.4, -0.2) is 24.9 Å². The van der Waals surface area contributed by atoms with E-state index in [0.717, 1.165) is 12.8 Å². The van der Waals surface area contributed by atoms with Gasteiger partial charge in [-0.15, -0.1) is 0 Å². The number of hydrogen-bond donors (Lipinski definition) is 1. The van der Waals surface area contributed by atoms with Gasteiger partial charge in [-0.25, -0.2) is 4.39 Å². The minimum Gasteiger partial charge on any atom is -0.491 e. The van der Waals surface area contributed by atoms with E-state index in [1.54, 1.807) is 6.92 Å². The number of anilines is 1. The molecule has 1 aliphatic rings. The molecule has 0 aromatic heterocycles. The third-order valence-electron chi connectivity index (χ3n) is 3.31. The van der Waals surface area contributed by atoms with Gasteiger partial charge in [-0.05, 0) is 20.8 Å².